The summed E-state index contributed by atoms with van der Waals surface area (Å²) in [6.45, 7) is 14.5. The molecule has 0 heterocycles. The lowest BCUT2D eigenvalue weighted by Gasteiger charge is -2.22. The van der Waals surface area contributed by atoms with E-state index in [0.717, 1.165) is 6.42 Å². The third-order valence-electron chi connectivity index (χ3n) is 5.92. The van der Waals surface area contributed by atoms with E-state index < -0.39 is 40.6 Å². The number of hydrogen-bond donors (Lipinski definition) is 0. The third kappa shape index (κ3) is 7.50. The van der Waals surface area contributed by atoms with E-state index in [2.05, 4.69) is 26.3 Å². The van der Waals surface area contributed by atoms with Gasteiger partial charge in [-0.15, -0.1) is 13.2 Å². The molecule has 39 heavy (non-hydrogen) atoms. The highest BCUT2D eigenvalue weighted by molar-refractivity contribution is 5.57. The Hall–Kier alpha value is -4.07. The van der Waals surface area contributed by atoms with E-state index in [4.69, 9.17) is 14.2 Å². The summed E-state index contributed by atoms with van der Waals surface area (Å²) in [5.41, 5.74) is -1.08. The molecule has 1 aliphatic rings. The quantitative estimate of drug-likeness (QED) is 0.122. The van der Waals surface area contributed by atoms with Crippen molar-refractivity contribution in [2.24, 2.45) is 5.92 Å². The fraction of sp³-hybridized carbons (Fsp3) is 0.226. The van der Waals surface area contributed by atoms with Crippen LogP contribution in [-0.2, 0) is 6.18 Å². The Morgan fingerprint density at radius 2 is 1.64 bits per heavy atom. The molecule has 1 unspecified atom stereocenters. The molecular formula is C31H29F5O3. The van der Waals surface area contributed by atoms with Gasteiger partial charge < -0.3 is 14.2 Å². The molecule has 0 saturated heterocycles. The number of hydrogen-bond acceptors (Lipinski definition) is 3. The van der Waals surface area contributed by atoms with Crippen LogP contribution in [0.3, 0.4) is 0 Å². The van der Waals surface area contributed by atoms with Gasteiger partial charge >= 0.3 is 6.18 Å². The molecule has 2 aromatic carbocycles. The summed E-state index contributed by atoms with van der Waals surface area (Å²) >= 11 is 0. The lowest BCUT2D eigenvalue weighted by Crippen LogP contribution is -2.15. The summed E-state index contributed by atoms with van der Waals surface area (Å²) < 4.78 is 90.8. The SMILES string of the molecule is C=CC/C=C\C(=C)Oc1c(F)c(OC2=CCC(C=C)CCC2)c(C(F)(F)F)c(Oc2ccc(C=C)cc2)c1F. The van der Waals surface area contributed by atoms with Crippen molar-refractivity contribution in [3.63, 3.8) is 0 Å². The van der Waals surface area contributed by atoms with Crippen molar-refractivity contribution in [2.45, 2.75) is 38.3 Å². The summed E-state index contributed by atoms with van der Waals surface area (Å²) in [7, 11) is 0. The van der Waals surface area contributed by atoms with Crippen LogP contribution < -0.4 is 14.2 Å². The minimum absolute atomic E-state index is 0.105. The van der Waals surface area contributed by atoms with E-state index in [0.29, 0.717) is 24.8 Å². The third-order valence-corrected chi connectivity index (χ3v) is 5.92. The Balaban J connectivity index is 2.19. The van der Waals surface area contributed by atoms with Gasteiger partial charge in [0.2, 0.25) is 17.4 Å². The van der Waals surface area contributed by atoms with Gasteiger partial charge in [-0.2, -0.15) is 22.0 Å². The Morgan fingerprint density at radius 1 is 0.974 bits per heavy atom. The predicted octanol–water partition coefficient (Wildman–Crippen LogP) is 10.1. The second kappa shape index (κ2) is 13.1. The molecule has 0 aromatic heterocycles. The molecule has 1 aliphatic carbocycles. The number of benzene rings is 2. The fourth-order valence-electron chi connectivity index (χ4n) is 3.89. The van der Waals surface area contributed by atoms with Crippen LogP contribution >= 0.6 is 0 Å². The van der Waals surface area contributed by atoms with Crippen LogP contribution in [-0.4, -0.2) is 0 Å². The summed E-state index contributed by atoms with van der Waals surface area (Å²) in [4.78, 5) is 0. The highest BCUT2D eigenvalue weighted by Crippen LogP contribution is 2.51. The first-order chi connectivity index (χ1) is 18.6. The topological polar surface area (TPSA) is 27.7 Å². The molecule has 1 atom stereocenters. The van der Waals surface area contributed by atoms with Gasteiger partial charge in [-0.3, -0.25) is 0 Å². The van der Waals surface area contributed by atoms with Gasteiger partial charge in [0.05, 0.1) is 0 Å². The molecule has 0 radical (unpaired) electrons. The fourth-order valence-corrected chi connectivity index (χ4v) is 3.89. The van der Waals surface area contributed by atoms with E-state index in [1.165, 1.54) is 36.4 Å². The average molecular weight is 545 g/mol. The van der Waals surface area contributed by atoms with Crippen molar-refractivity contribution in [1.29, 1.82) is 0 Å². The highest BCUT2D eigenvalue weighted by Gasteiger charge is 2.44. The van der Waals surface area contributed by atoms with E-state index >= 15 is 8.78 Å². The Kier molecular flexibility index (Phi) is 9.93. The zero-order chi connectivity index (χ0) is 28.6. The predicted molar refractivity (Wildman–Crippen MR) is 143 cm³/mol. The zero-order valence-electron chi connectivity index (χ0n) is 21.3. The largest absolute Gasteiger partial charge is 0.458 e. The highest BCUT2D eigenvalue weighted by atomic mass is 19.4. The van der Waals surface area contributed by atoms with Gasteiger partial charge in [0.1, 0.15) is 22.8 Å². The lowest BCUT2D eigenvalue weighted by atomic mass is 10.0. The maximum Gasteiger partial charge on any atom is 0.423 e. The number of alkyl halides is 3. The molecule has 0 amide bonds. The molecule has 0 saturated carbocycles. The Labute approximate surface area is 224 Å². The number of halogens is 5. The summed E-state index contributed by atoms with van der Waals surface area (Å²) in [5.74, 6) is -7.16. The van der Waals surface area contributed by atoms with E-state index in [-0.39, 0.29) is 29.6 Å². The normalized spacial score (nSPS) is 15.7. The molecule has 0 spiro atoms. The second-order valence-electron chi connectivity index (χ2n) is 8.75. The summed E-state index contributed by atoms with van der Waals surface area (Å²) in [6.07, 6.45) is 6.49. The number of ether oxygens (including phenoxy) is 3. The van der Waals surface area contributed by atoms with Crippen LogP contribution in [0, 0.1) is 17.6 Å². The van der Waals surface area contributed by atoms with Gasteiger partial charge in [0.25, 0.3) is 0 Å². The minimum atomic E-state index is -5.25. The number of allylic oxidation sites excluding steroid dienone is 6. The van der Waals surface area contributed by atoms with Crippen molar-refractivity contribution in [1.82, 2.24) is 0 Å². The van der Waals surface area contributed by atoms with Crippen LogP contribution in [0.25, 0.3) is 6.08 Å². The van der Waals surface area contributed by atoms with Crippen LogP contribution in [0.15, 0.2) is 92.5 Å². The lowest BCUT2D eigenvalue weighted by molar-refractivity contribution is -0.140. The molecular weight excluding hydrogens is 515 g/mol. The Bertz CT molecular complexity index is 1290. The monoisotopic (exact) mass is 544 g/mol. The molecule has 8 heteroatoms. The average Bonchev–Trinajstić information content (AvgIpc) is 3.14. The molecule has 3 rings (SSSR count). The van der Waals surface area contributed by atoms with E-state index in [9.17, 15) is 13.2 Å². The first kappa shape index (κ1) is 29.5. The molecule has 0 bridgehead atoms. The zero-order valence-corrected chi connectivity index (χ0v) is 21.3. The van der Waals surface area contributed by atoms with Crippen molar-refractivity contribution < 1.29 is 36.2 Å². The maximum absolute atomic E-state index is 15.7. The second-order valence-corrected chi connectivity index (χ2v) is 8.75. The van der Waals surface area contributed by atoms with Gasteiger partial charge in [0, 0.05) is 6.42 Å². The Morgan fingerprint density at radius 3 is 2.23 bits per heavy atom. The molecule has 206 valence electrons. The molecule has 2 aromatic rings. The minimum Gasteiger partial charge on any atom is -0.458 e. The van der Waals surface area contributed by atoms with E-state index in [1.807, 2.05) is 0 Å². The van der Waals surface area contributed by atoms with Crippen molar-refractivity contribution >= 4 is 6.08 Å². The number of rotatable bonds is 11. The molecule has 0 N–H and O–H groups in total. The van der Waals surface area contributed by atoms with Crippen LogP contribution in [0.1, 0.15) is 43.2 Å². The van der Waals surface area contributed by atoms with Crippen molar-refractivity contribution in [2.75, 3.05) is 0 Å². The van der Waals surface area contributed by atoms with Crippen LogP contribution in [0.2, 0.25) is 0 Å². The summed E-state index contributed by atoms with van der Waals surface area (Å²) in [6, 6.07) is 5.71. The van der Waals surface area contributed by atoms with Gasteiger partial charge in [-0.25, -0.2) is 0 Å². The van der Waals surface area contributed by atoms with Crippen LogP contribution in [0.4, 0.5) is 22.0 Å². The first-order valence-corrected chi connectivity index (χ1v) is 12.2. The van der Waals surface area contributed by atoms with Gasteiger partial charge in [-0.1, -0.05) is 49.6 Å². The molecule has 3 nitrogen and oxygen atoms in total. The van der Waals surface area contributed by atoms with Gasteiger partial charge in [-0.05, 0) is 61.4 Å². The molecule has 0 aliphatic heterocycles. The smallest absolute Gasteiger partial charge is 0.423 e. The molecule has 0 fully saturated rings. The van der Waals surface area contributed by atoms with Gasteiger partial charge in [0.15, 0.2) is 11.5 Å². The van der Waals surface area contributed by atoms with E-state index in [1.54, 1.807) is 24.3 Å². The van der Waals surface area contributed by atoms with Crippen molar-refractivity contribution in [3.05, 3.63) is 115 Å². The van der Waals surface area contributed by atoms with Crippen LogP contribution in [0.5, 0.6) is 23.0 Å². The maximum atomic E-state index is 15.7. The summed E-state index contributed by atoms with van der Waals surface area (Å²) in [5, 5.41) is 0. The standard InChI is InChI=1S/C31H29F5O3/c1-5-8-9-11-20(4)37-30-26(32)28(38-23-13-10-12-21(6-2)14-17-23)25(31(34,35)36)29(27(30)33)39-24-18-15-22(7-3)16-19-24/h5-7,9,11,15-19,21H,1-4,8,10,12-14H2/b11-9-. The first-order valence-electron chi connectivity index (χ1n) is 12.2. The van der Waals surface area contributed by atoms with Crippen molar-refractivity contribution in [3.8, 4) is 23.0 Å².